The lowest BCUT2D eigenvalue weighted by atomic mass is 10.0. The molecule has 1 aliphatic heterocycles. The predicted octanol–water partition coefficient (Wildman–Crippen LogP) is 5.60. The smallest absolute Gasteiger partial charge is 0.335 e. The Morgan fingerprint density at radius 3 is 2.27 bits per heavy atom. The van der Waals surface area contributed by atoms with Gasteiger partial charge in [0.15, 0.2) is 11.5 Å². The average Bonchev–Trinajstić information content (AvgIpc) is 2.93. The van der Waals surface area contributed by atoms with Crippen molar-refractivity contribution < 1.29 is 33.0 Å². The fourth-order valence-corrected chi connectivity index (χ4v) is 4.15. The van der Waals surface area contributed by atoms with Crippen LogP contribution in [0.5, 0.6) is 17.2 Å². The van der Waals surface area contributed by atoms with Crippen LogP contribution < -0.4 is 24.4 Å². The number of barbiturate groups is 1. The maximum Gasteiger partial charge on any atom is 0.335 e. The zero-order valence-electron chi connectivity index (χ0n) is 22.2. The van der Waals surface area contributed by atoms with Crippen molar-refractivity contribution in [3.05, 3.63) is 101 Å². The number of benzene rings is 3. The standard InChI is InChI=1S/C31H29FN2O6/c1-4-7-22-16-21(18-27(39-6-3)28(22)40-19-20-8-10-23(32)11-9-20)17-26-29(35)33-31(37)34(30(26)36)24-12-14-25(15-13-24)38-5-2/h4,8-18H,1,5-7,19H2,2-3H3,(H,33,35,37)/b26-17+. The van der Waals surface area contributed by atoms with Gasteiger partial charge in [-0.15, -0.1) is 6.58 Å². The van der Waals surface area contributed by atoms with E-state index in [-0.39, 0.29) is 23.7 Å². The number of hydrogen-bond donors (Lipinski definition) is 1. The van der Waals surface area contributed by atoms with Gasteiger partial charge < -0.3 is 14.2 Å². The normalized spacial score (nSPS) is 14.2. The molecular formula is C31H29FN2O6. The largest absolute Gasteiger partial charge is 0.494 e. The van der Waals surface area contributed by atoms with Crippen molar-refractivity contribution in [2.24, 2.45) is 0 Å². The van der Waals surface area contributed by atoms with Crippen LogP contribution in [0.2, 0.25) is 0 Å². The number of hydrogen-bond acceptors (Lipinski definition) is 6. The zero-order chi connectivity index (χ0) is 28.6. The molecular weight excluding hydrogens is 515 g/mol. The maximum atomic E-state index is 13.4. The van der Waals surface area contributed by atoms with Crippen LogP contribution in [0.1, 0.15) is 30.5 Å². The quantitative estimate of drug-likeness (QED) is 0.192. The molecule has 0 unspecified atom stereocenters. The van der Waals surface area contributed by atoms with Crippen LogP contribution in [0, 0.1) is 5.82 Å². The molecule has 0 saturated carbocycles. The minimum absolute atomic E-state index is 0.172. The molecule has 40 heavy (non-hydrogen) atoms. The van der Waals surface area contributed by atoms with Crippen molar-refractivity contribution >= 4 is 29.6 Å². The Hall–Kier alpha value is -4.92. The van der Waals surface area contributed by atoms with Gasteiger partial charge in [0.2, 0.25) is 0 Å². The average molecular weight is 545 g/mol. The highest BCUT2D eigenvalue weighted by Crippen LogP contribution is 2.36. The minimum Gasteiger partial charge on any atom is -0.494 e. The Morgan fingerprint density at radius 1 is 0.925 bits per heavy atom. The summed E-state index contributed by atoms with van der Waals surface area (Å²) in [5.41, 5.74) is 2.03. The highest BCUT2D eigenvalue weighted by atomic mass is 19.1. The molecule has 4 rings (SSSR count). The topological polar surface area (TPSA) is 94.2 Å². The minimum atomic E-state index is -0.844. The number of halogens is 1. The number of rotatable bonds is 11. The van der Waals surface area contributed by atoms with Crippen LogP contribution >= 0.6 is 0 Å². The van der Waals surface area contributed by atoms with Crippen LogP contribution in [-0.2, 0) is 22.6 Å². The lowest BCUT2D eigenvalue weighted by molar-refractivity contribution is -0.122. The summed E-state index contributed by atoms with van der Waals surface area (Å²) in [4.78, 5) is 39.6. The third-order valence-electron chi connectivity index (χ3n) is 5.93. The third-order valence-corrected chi connectivity index (χ3v) is 5.93. The van der Waals surface area contributed by atoms with Gasteiger partial charge >= 0.3 is 6.03 Å². The molecule has 206 valence electrons. The molecule has 8 nitrogen and oxygen atoms in total. The first-order chi connectivity index (χ1) is 19.3. The van der Waals surface area contributed by atoms with E-state index in [9.17, 15) is 18.8 Å². The highest BCUT2D eigenvalue weighted by Gasteiger charge is 2.37. The number of urea groups is 1. The van der Waals surface area contributed by atoms with Gasteiger partial charge in [-0.1, -0.05) is 18.2 Å². The molecule has 3 aromatic rings. The van der Waals surface area contributed by atoms with Crippen molar-refractivity contribution in [2.75, 3.05) is 18.1 Å². The molecule has 1 aliphatic rings. The number of amides is 4. The Morgan fingerprint density at radius 2 is 1.62 bits per heavy atom. The lowest BCUT2D eigenvalue weighted by Crippen LogP contribution is -2.54. The summed E-state index contributed by atoms with van der Waals surface area (Å²) in [7, 11) is 0. The summed E-state index contributed by atoms with van der Waals surface area (Å²) >= 11 is 0. The second-order valence-electron chi connectivity index (χ2n) is 8.73. The molecule has 9 heteroatoms. The Labute approximate surface area is 231 Å². The van der Waals surface area contributed by atoms with E-state index in [2.05, 4.69) is 11.9 Å². The van der Waals surface area contributed by atoms with Crippen LogP contribution in [0.4, 0.5) is 14.9 Å². The molecule has 4 amide bonds. The van der Waals surface area contributed by atoms with E-state index in [1.165, 1.54) is 18.2 Å². The number of nitrogens with one attached hydrogen (secondary N) is 1. The van der Waals surface area contributed by atoms with Gasteiger partial charge in [-0.3, -0.25) is 14.9 Å². The maximum absolute atomic E-state index is 13.4. The molecule has 3 aromatic carbocycles. The van der Waals surface area contributed by atoms with E-state index in [1.807, 2.05) is 13.8 Å². The zero-order valence-corrected chi connectivity index (χ0v) is 22.2. The molecule has 0 aliphatic carbocycles. The summed E-state index contributed by atoms with van der Waals surface area (Å²) in [6.45, 7) is 8.46. The van der Waals surface area contributed by atoms with Gasteiger partial charge in [-0.25, -0.2) is 14.1 Å². The van der Waals surface area contributed by atoms with E-state index in [0.717, 1.165) is 10.5 Å². The molecule has 1 heterocycles. The van der Waals surface area contributed by atoms with E-state index in [1.54, 1.807) is 54.6 Å². The monoisotopic (exact) mass is 544 g/mol. The van der Waals surface area contributed by atoms with E-state index in [0.29, 0.717) is 48.0 Å². The lowest BCUT2D eigenvalue weighted by Gasteiger charge is -2.26. The first kappa shape index (κ1) is 28.1. The van der Waals surface area contributed by atoms with E-state index in [4.69, 9.17) is 14.2 Å². The van der Waals surface area contributed by atoms with Gasteiger partial charge in [-0.05, 0) is 86.0 Å². The summed E-state index contributed by atoms with van der Waals surface area (Å²) < 4.78 is 30.6. The fourth-order valence-electron chi connectivity index (χ4n) is 4.15. The number of nitrogens with zero attached hydrogens (tertiary/aromatic N) is 1. The van der Waals surface area contributed by atoms with Crippen molar-refractivity contribution in [3.8, 4) is 17.2 Å². The second kappa shape index (κ2) is 12.8. The molecule has 0 aromatic heterocycles. The van der Waals surface area contributed by atoms with Gasteiger partial charge in [-0.2, -0.15) is 0 Å². The Bertz CT molecular complexity index is 1450. The molecule has 0 radical (unpaired) electrons. The summed E-state index contributed by atoms with van der Waals surface area (Å²) in [5, 5.41) is 2.23. The van der Waals surface area contributed by atoms with Crippen LogP contribution in [-0.4, -0.2) is 31.1 Å². The Balaban J connectivity index is 1.68. The van der Waals surface area contributed by atoms with Gasteiger partial charge in [0.05, 0.1) is 18.9 Å². The summed E-state index contributed by atoms with van der Waals surface area (Å²) in [6, 6.07) is 15.0. The number of ether oxygens (including phenoxy) is 3. The first-order valence-electron chi connectivity index (χ1n) is 12.8. The molecule has 0 bridgehead atoms. The van der Waals surface area contributed by atoms with Gasteiger partial charge in [0.25, 0.3) is 11.8 Å². The summed E-state index contributed by atoms with van der Waals surface area (Å²) in [6.07, 6.45) is 3.51. The number of allylic oxidation sites excluding steroid dienone is 1. The number of carbonyl (C=O) groups is 3. The SMILES string of the molecule is C=CCc1cc(/C=C2\C(=O)NC(=O)N(c3ccc(OCC)cc3)C2=O)cc(OCC)c1OCc1ccc(F)cc1. The van der Waals surface area contributed by atoms with Crippen molar-refractivity contribution in [1.29, 1.82) is 0 Å². The van der Waals surface area contributed by atoms with Crippen molar-refractivity contribution in [1.82, 2.24) is 5.32 Å². The molecule has 0 spiro atoms. The van der Waals surface area contributed by atoms with Crippen molar-refractivity contribution in [2.45, 2.75) is 26.9 Å². The molecule has 1 saturated heterocycles. The molecule has 1 N–H and O–H groups in total. The fraction of sp³-hybridized carbons (Fsp3) is 0.194. The van der Waals surface area contributed by atoms with Gasteiger partial charge in [0.1, 0.15) is 23.7 Å². The predicted molar refractivity (Wildman–Crippen MR) is 149 cm³/mol. The van der Waals surface area contributed by atoms with Gasteiger partial charge in [0, 0.05) is 5.56 Å². The molecule has 0 atom stereocenters. The first-order valence-corrected chi connectivity index (χ1v) is 12.8. The second-order valence-corrected chi connectivity index (χ2v) is 8.73. The van der Waals surface area contributed by atoms with E-state index >= 15 is 0 Å². The van der Waals surface area contributed by atoms with Crippen molar-refractivity contribution in [3.63, 3.8) is 0 Å². The summed E-state index contributed by atoms with van der Waals surface area (Å²) in [5.74, 6) is -0.455. The van der Waals surface area contributed by atoms with Crippen LogP contribution in [0.25, 0.3) is 6.08 Å². The molecule has 1 fully saturated rings. The highest BCUT2D eigenvalue weighted by molar-refractivity contribution is 6.39. The number of imide groups is 2. The van der Waals surface area contributed by atoms with E-state index < -0.39 is 17.8 Å². The Kier molecular flexibility index (Phi) is 8.96. The van der Waals surface area contributed by atoms with Crippen LogP contribution in [0.15, 0.2) is 78.9 Å². The number of carbonyl (C=O) groups excluding carboxylic acids is 3. The third kappa shape index (κ3) is 6.37. The number of anilines is 1. The van der Waals surface area contributed by atoms with Crippen LogP contribution in [0.3, 0.4) is 0 Å².